The molecule has 2 aromatic heterocycles. The number of nitrogens with zero attached hydrogens (tertiary/aromatic N) is 2. The molecule has 7 heteroatoms. The zero-order valence-electron chi connectivity index (χ0n) is 11.3. The molecule has 0 saturated carbocycles. The average Bonchev–Trinajstić information content (AvgIpc) is 3.24. The SMILES string of the molecule is N/C(=N\OC(=O)c1cc(-c2ccccc2)on1)c1cccs1. The Bertz CT molecular complexity index is 795. The van der Waals surface area contributed by atoms with Crippen LogP contribution in [-0.2, 0) is 4.84 Å². The fraction of sp³-hybridized carbons (Fsp3) is 0. The summed E-state index contributed by atoms with van der Waals surface area (Å²) in [5, 5.41) is 9.13. The van der Waals surface area contributed by atoms with Crippen molar-refractivity contribution >= 4 is 23.1 Å². The van der Waals surface area contributed by atoms with Crippen LogP contribution in [0, 0.1) is 0 Å². The van der Waals surface area contributed by atoms with Crippen LogP contribution in [0.15, 0.2) is 63.6 Å². The van der Waals surface area contributed by atoms with Gasteiger partial charge < -0.3 is 15.1 Å². The number of aromatic nitrogens is 1. The summed E-state index contributed by atoms with van der Waals surface area (Å²) in [4.78, 5) is 17.4. The number of nitrogens with two attached hydrogens (primary N) is 1. The van der Waals surface area contributed by atoms with Crippen LogP contribution in [0.5, 0.6) is 0 Å². The summed E-state index contributed by atoms with van der Waals surface area (Å²) in [5.74, 6) is -0.122. The van der Waals surface area contributed by atoms with Crippen molar-refractivity contribution in [3.63, 3.8) is 0 Å². The normalized spacial score (nSPS) is 11.4. The van der Waals surface area contributed by atoms with Crippen LogP contribution in [-0.4, -0.2) is 17.0 Å². The molecule has 0 bridgehead atoms. The number of benzene rings is 1. The Labute approximate surface area is 129 Å². The highest BCUT2D eigenvalue weighted by Crippen LogP contribution is 2.20. The van der Waals surface area contributed by atoms with Crippen molar-refractivity contribution in [1.29, 1.82) is 0 Å². The van der Waals surface area contributed by atoms with Crippen molar-refractivity contribution in [3.8, 4) is 11.3 Å². The molecule has 2 N–H and O–H groups in total. The third-order valence-corrected chi connectivity index (χ3v) is 3.67. The third-order valence-electron chi connectivity index (χ3n) is 2.78. The van der Waals surface area contributed by atoms with Gasteiger partial charge in [-0.05, 0) is 11.4 Å². The van der Waals surface area contributed by atoms with E-state index in [2.05, 4.69) is 10.3 Å². The Balaban J connectivity index is 1.71. The van der Waals surface area contributed by atoms with Crippen LogP contribution >= 0.6 is 11.3 Å². The molecule has 0 fully saturated rings. The summed E-state index contributed by atoms with van der Waals surface area (Å²) < 4.78 is 5.12. The van der Waals surface area contributed by atoms with Crippen molar-refractivity contribution in [2.75, 3.05) is 0 Å². The molecule has 3 aromatic rings. The third kappa shape index (κ3) is 3.04. The number of carbonyl (C=O) groups is 1. The van der Waals surface area contributed by atoms with Gasteiger partial charge in [0.15, 0.2) is 17.3 Å². The maximum atomic E-state index is 11.9. The van der Waals surface area contributed by atoms with E-state index in [4.69, 9.17) is 15.1 Å². The highest BCUT2D eigenvalue weighted by molar-refractivity contribution is 7.12. The Morgan fingerprint density at radius 1 is 1.23 bits per heavy atom. The maximum absolute atomic E-state index is 11.9. The predicted octanol–water partition coefficient (Wildman–Crippen LogP) is 2.88. The van der Waals surface area contributed by atoms with E-state index in [1.54, 1.807) is 6.07 Å². The van der Waals surface area contributed by atoms with Crippen molar-refractivity contribution in [2.45, 2.75) is 0 Å². The monoisotopic (exact) mass is 313 g/mol. The average molecular weight is 313 g/mol. The lowest BCUT2D eigenvalue weighted by Gasteiger charge is -1.95. The number of thiophene rings is 1. The first kappa shape index (κ1) is 14.0. The molecule has 110 valence electrons. The topological polar surface area (TPSA) is 90.7 Å². The number of oxime groups is 1. The summed E-state index contributed by atoms with van der Waals surface area (Å²) in [5.41, 5.74) is 6.55. The lowest BCUT2D eigenvalue weighted by Crippen LogP contribution is -2.13. The van der Waals surface area contributed by atoms with Gasteiger partial charge in [0, 0.05) is 11.6 Å². The highest BCUT2D eigenvalue weighted by atomic mass is 32.1. The van der Waals surface area contributed by atoms with Gasteiger partial charge in [-0.2, -0.15) is 0 Å². The standard InChI is InChI=1S/C15H11N3O3S/c16-14(13-7-4-8-22-13)18-21-15(19)11-9-12(20-17-11)10-5-2-1-3-6-10/h1-9H,(H2,16,18). The van der Waals surface area contributed by atoms with Gasteiger partial charge in [0.1, 0.15) is 0 Å². The van der Waals surface area contributed by atoms with Gasteiger partial charge in [-0.15, -0.1) is 11.3 Å². The molecular formula is C15H11N3O3S. The zero-order chi connectivity index (χ0) is 15.4. The van der Waals surface area contributed by atoms with Crippen LogP contribution in [0.1, 0.15) is 15.4 Å². The molecule has 22 heavy (non-hydrogen) atoms. The highest BCUT2D eigenvalue weighted by Gasteiger charge is 2.15. The van der Waals surface area contributed by atoms with Gasteiger partial charge in [0.05, 0.1) is 4.88 Å². The van der Waals surface area contributed by atoms with Crippen LogP contribution in [0.4, 0.5) is 0 Å². The van der Waals surface area contributed by atoms with Crippen LogP contribution in [0.3, 0.4) is 0 Å². The summed E-state index contributed by atoms with van der Waals surface area (Å²) in [6.45, 7) is 0. The largest absolute Gasteiger partial charge is 0.387 e. The fourth-order valence-electron chi connectivity index (χ4n) is 1.72. The van der Waals surface area contributed by atoms with E-state index < -0.39 is 5.97 Å². The van der Waals surface area contributed by atoms with E-state index in [1.807, 2.05) is 41.8 Å². The number of hydrogen-bond donors (Lipinski definition) is 1. The zero-order valence-corrected chi connectivity index (χ0v) is 12.1. The predicted molar refractivity (Wildman–Crippen MR) is 82.4 cm³/mol. The molecule has 2 heterocycles. The Morgan fingerprint density at radius 2 is 2.05 bits per heavy atom. The second-order valence-corrected chi connectivity index (χ2v) is 5.22. The van der Waals surface area contributed by atoms with E-state index >= 15 is 0 Å². The molecule has 0 aliphatic carbocycles. The first-order valence-electron chi connectivity index (χ1n) is 6.35. The Hall–Kier alpha value is -2.93. The van der Waals surface area contributed by atoms with Gasteiger partial charge in [0.2, 0.25) is 0 Å². The molecule has 0 aliphatic rings. The van der Waals surface area contributed by atoms with Crippen LogP contribution in [0.25, 0.3) is 11.3 Å². The molecule has 3 rings (SSSR count). The Morgan fingerprint density at radius 3 is 2.77 bits per heavy atom. The molecular weight excluding hydrogens is 302 g/mol. The molecule has 0 radical (unpaired) electrons. The molecule has 0 aliphatic heterocycles. The summed E-state index contributed by atoms with van der Waals surface area (Å²) in [6.07, 6.45) is 0. The number of carbonyl (C=O) groups excluding carboxylic acids is 1. The lowest BCUT2D eigenvalue weighted by molar-refractivity contribution is 0.0504. The van der Waals surface area contributed by atoms with E-state index in [0.717, 1.165) is 10.4 Å². The number of rotatable bonds is 4. The second-order valence-electron chi connectivity index (χ2n) is 4.28. The van der Waals surface area contributed by atoms with Crippen molar-refractivity contribution in [3.05, 3.63) is 64.5 Å². The first-order valence-corrected chi connectivity index (χ1v) is 7.23. The van der Waals surface area contributed by atoms with Crippen molar-refractivity contribution < 1.29 is 14.2 Å². The van der Waals surface area contributed by atoms with E-state index in [0.29, 0.717) is 5.76 Å². The first-order chi connectivity index (χ1) is 10.7. The molecule has 6 nitrogen and oxygen atoms in total. The summed E-state index contributed by atoms with van der Waals surface area (Å²) in [7, 11) is 0. The molecule has 0 amide bonds. The minimum atomic E-state index is -0.731. The van der Waals surface area contributed by atoms with Gasteiger partial charge in [-0.3, -0.25) is 0 Å². The maximum Gasteiger partial charge on any atom is 0.387 e. The van der Waals surface area contributed by atoms with Crippen LogP contribution < -0.4 is 5.73 Å². The molecule has 0 atom stereocenters. The van der Waals surface area contributed by atoms with Crippen molar-refractivity contribution in [1.82, 2.24) is 5.16 Å². The number of hydrogen-bond acceptors (Lipinski definition) is 6. The minimum absolute atomic E-state index is 0.0292. The molecule has 0 saturated heterocycles. The summed E-state index contributed by atoms with van der Waals surface area (Å²) >= 11 is 1.40. The smallest absolute Gasteiger partial charge is 0.380 e. The Kier molecular flexibility index (Phi) is 3.97. The van der Waals surface area contributed by atoms with E-state index in [1.165, 1.54) is 17.4 Å². The molecule has 0 unspecified atom stereocenters. The molecule has 1 aromatic carbocycles. The second kappa shape index (κ2) is 6.23. The summed E-state index contributed by atoms with van der Waals surface area (Å²) in [6, 6.07) is 14.4. The van der Waals surface area contributed by atoms with E-state index in [9.17, 15) is 4.79 Å². The van der Waals surface area contributed by atoms with Crippen molar-refractivity contribution in [2.24, 2.45) is 10.9 Å². The minimum Gasteiger partial charge on any atom is -0.380 e. The van der Waals surface area contributed by atoms with Crippen LogP contribution in [0.2, 0.25) is 0 Å². The molecule has 0 spiro atoms. The fourth-order valence-corrected chi connectivity index (χ4v) is 2.34. The van der Waals surface area contributed by atoms with E-state index in [-0.39, 0.29) is 11.5 Å². The van der Waals surface area contributed by atoms with Gasteiger partial charge in [-0.1, -0.05) is 46.7 Å². The van der Waals surface area contributed by atoms with Gasteiger partial charge >= 0.3 is 5.97 Å². The lowest BCUT2D eigenvalue weighted by atomic mass is 10.2. The van der Waals surface area contributed by atoms with Gasteiger partial charge in [0.25, 0.3) is 0 Å². The number of amidine groups is 1. The quantitative estimate of drug-likeness (QED) is 0.346. The van der Waals surface area contributed by atoms with Gasteiger partial charge in [-0.25, -0.2) is 4.79 Å².